The largest absolute Gasteiger partial charge is 0.431 e. The number of benzene rings is 1. The summed E-state index contributed by atoms with van der Waals surface area (Å²) in [6, 6.07) is 3.19. The van der Waals surface area contributed by atoms with Crippen molar-refractivity contribution in [2.45, 2.75) is 20.8 Å². The lowest BCUT2D eigenvalue weighted by Gasteiger charge is -2.09. The molecular formula is C20H18O8. The summed E-state index contributed by atoms with van der Waals surface area (Å²) in [6.45, 7) is 11.0. The second-order valence-electron chi connectivity index (χ2n) is 5.55. The first-order valence-electron chi connectivity index (χ1n) is 7.88. The quantitative estimate of drug-likeness (QED) is 0.241. The molecule has 0 atom stereocenters. The van der Waals surface area contributed by atoms with Crippen molar-refractivity contribution in [3.8, 4) is 0 Å². The molecule has 0 amide bonds. The molecule has 0 aliphatic carbocycles. The summed E-state index contributed by atoms with van der Waals surface area (Å²) in [5.41, 5.74) is -0.920. The van der Waals surface area contributed by atoms with Crippen molar-refractivity contribution in [1.82, 2.24) is 0 Å². The molecule has 146 valence electrons. The molecule has 0 saturated carbocycles. The Morgan fingerprint density at radius 2 is 1.36 bits per heavy atom. The summed E-state index contributed by atoms with van der Waals surface area (Å²) >= 11 is 0. The third-order valence-electron chi connectivity index (χ3n) is 3.07. The minimum absolute atomic E-state index is 0.000397. The molecule has 0 bridgehead atoms. The van der Waals surface area contributed by atoms with Gasteiger partial charge in [0.05, 0.1) is 23.0 Å². The highest BCUT2D eigenvalue weighted by Gasteiger charge is 2.24. The molecular weight excluding hydrogens is 368 g/mol. The van der Waals surface area contributed by atoms with E-state index < -0.39 is 29.8 Å². The predicted molar refractivity (Wildman–Crippen MR) is 97.1 cm³/mol. The van der Waals surface area contributed by atoms with E-state index in [-0.39, 0.29) is 27.8 Å². The van der Waals surface area contributed by atoms with Gasteiger partial charge in [0.15, 0.2) is 0 Å². The van der Waals surface area contributed by atoms with Gasteiger partial charge in [-0.2, -0.15) is 0 Å². The number of allylic oxidation sites excluding steroid dienone is 1. The van der Waals surface area contributed by atoms with Crippen molar-refractivity contribution in [1.29, 1.82) is 0 Å². The fraction of sp³-hybridized carbons (Fsp3) is 0.150. The van der Waals surface area contributed by atoms with Crippen LogP contribution in [0.1, 0.15) is 51.8 Å². The van der Waals surface area contributed by atoms with Crippen LogP contribution in [0.25, 0.3) is 0 Å². The SMILES string of the molecule is C=C(C)C(=O)OC(=O)c1ccc(C(=O)OC(=O)C(=C)C)c(C(=O)O/C=C\C)c1. The van der Waals surface area contributed by atoms with E-state index in [4.69, 9.17) is 4.74 Å². The van der Waals surface area contributed by atoms with Gasteiger partial charge in [0.2, 0.25) is 0 Å². The highest BCUT2D eigenvalue weighted by molar-refractivity contribution is 6.09. The lowest BCUT2D eigenvalue weighted by Crippen LogP contribution is -2.19. The minimum Gasteiger partial charge on any atom is -0.431 e. The summed E-state index contributed by atoms with van der Waals surface area (Å²) in [4.78, 5) is 59.6. The van der Waals surface area contributed by atoms with E-state index in [2.05, 4.69) is 22.6 Å². The molecule has 8 nitrogen and oxygen atoms in total. The summed E-state index contributed by atoms with van der Waals surface area (Å²) in [5.74, 6) is -5.12. The van der Waals surface area contributed by atoms with Crippen molar-refractivity contribution in [3.05, 3.63) is 71.5 Å². The summed E-state index contributed by atoms with van der Waals surface area (Å²) in [5, 5.41) is 0. The lowest BCUT2D eigenvalue weighted by molar-refractivity contribution is -0.134. The molecule has 0 unspecified atom stereocenters. The van der Waals surface area contributed by atoms with Crippen LogP contribution in [0.5, 0.6) is 0 Å². The van der Waals surface area contributed by atoms with Gasteiger partial charge in [0.1, 0.15) is 0 Å². The predicted octanol–water partition coefficient (Wildman–Crippen LogP) is 2.90. The highest BCUT2D eigenvalue weighted by Crippen LogP contribution is 2.17. The molecule has 0 N–H and O–H groups in total. The molecule has 0 aliphatic rings. The van der Waals surface area contributed by atoms with Crippen LogP contribution in [-0.2, 0) is 23.8 Å². The molecule has 1 aromatic rings. The number of hydrogen-bond donors (Lipinski definition) is 0. The van der Waals surface area contributed by atoms with E-state index in [1.165, 1.54) is 19.9 Å². The van der Waals surface area contributed by atoms with E-state index >= 15 is 0 Å². The van der Waals surface area contributed by atoms with Gasteiger partial charge < -0.3 is 14.2 Å². The minimum atomic E-state index is -1.14. The molecule has 1 rings (SSSR count). The van der Waals surface area contributed by atoms with Crippen molar-refractivity contribution < 1.29 is 38.2 Å². The molecule has 8 heteroatoms. The van der Waals surface area contributed by atoms with Gasteiger partial charge in [-0.1, -0.05) is 19.2 Å². The Labute approximate surface area is 161 Å². The third-order valence-corrected chi connectivity index (χ3v) is 3.07. The van der Waals surface area contributed by atoms with Gasteiger partial charge in [0, 0.05) is 11.1 Å². The Bertz CT molecular complexity index is 905. The van der Waals surface area contributed by atoms with Gasteiger partial charge >= 0.3 is 29.8 Å². The summed E-state index contributed by atoms with van der Waals surface area (Å²) in [6.07, 6.45) is 2.48. The van der Waals surface area contributed by atoms with Crippen molar-refractivity contribution in [3.63, 3.8) is 0 Å². The number of carbonyl (C=O) groups excluding carboxylic acids is 5. The van der Waals surface area contributed by atoms with Crippen LogP contribution in [0.4, 0.5) is 0 Å². The zero-order valence-electron chi connectivity index (χ0n) is 15.6. The molecule has 0 saturated heterocycles. The Morgan fingerprint density at radius 1 is 0.821 bits per heavy atom. The third kappa shape index (κ3) is 5.87. The van der Waals surface area contributed by atoms with E-state index in [1.807, 2.05) is 0 Å². The Morgan fingerprint density at radius 3 is 1.86 bits per heavy atom. The zero-order chi connectivity index (χ0) is 21.4. The van der Waals surface area contributed by atoms with Crippen molar-refractivity contribution in [2.24, 2.45) is 0 Å². The Hall–Kier alpha value is -3.81. The summed E-state index contributed by atoms with van der Waals surface area (Å²) in [7, 11) is 0. The van der Waals surface area contributed by atoms with Gasteiger partial charge in [-0.05, 0) is 39.0 Å². The molecule has 1 aromatic carbocycles. The number of rotatable bonds is 6. The first-order valence-corrected chi connectivity index (χ1v) is 7.88. The fourth-order valence-corrected chi connectivity index (χ4v) is 1.67. The van der Waals surface area contributed by atoms with Crippen molar-refractivity contribution >= 4 is 29.8 Å². The molecule has 0 aliphatic heterocycles. The van der Waals surface area contributed by atoms with Crippen LogP contribution >= 0.6 is 0 Å². The topological polar surface area (TPSA) is 113 Å². The van der Waals surface area contributed by atoms with Crippen LogP contribution in [-0.4, -0.2) is 29.8 Å². The van der Waals surface area contributed by atoms with Crippen LogP contribution < -0.4 is 0 Å². The number of carbonyl (C=O) groups is 5. The maximum Gasteiger partial charge on any atom is 0.346 e. The average Bonchev–Trinajstić information content (AvgIpc) is 2.64. The number of hydrogen-bond acceptors (Lipinski definition) is 8. The molecule has 28 heavy (non-hydrogen) atoms. The lowest BCUT2D eigenvalue weighted by atomic mass is 10.0. The number of ether oxygens (including phenoxy) is 3. The molecule has 0 spiro atoms. The second-order valence-corrected chi connectivity index (χ2v) is 5.55. The van der Waals surface area contributed by atoms with Gasteiger partial charge in [0.25, 0.3) is 0 Å². The molecule has 0 radical (unpaired) electrons. The van der Waals surface area contributed by atoms with Gasteiger partial charge in [-0.15, -0.1) is 0 Å². The standard InChI is InChI=1S/C20H18O8/c1-6-9-26-19(24)15-10-13(18(23)27-16(21)11(2)3)7-8-14(15)20(25)28-17(22)12(4)5/h6-10H,2,4H2,1,3,5H3/b9-6-. The van der Waals surface area contributed by atoms with Gasteiger partial charge in [-0.25, -0.2) is 24.0 Å². The second kappa shape index (κ2) is 9.77. The Balaban J connectivity index is 3.31. The molecule has 0 aromatic heterocycles. The van der Waals surface area contributed by atoms with E-state index in [0.29, 0.717) is 0 Å². The normalized spacial score (nSPS) is 10.1. The van der Waals surface area contributed by atoms with Crippen LogP contribution in [0.15, 0.2) is 54.8 Å². The van der Waals surface area contributed by atoms with Crippen molar-refractivity contribution in [2.75, 3.05) is 0 Å². The average molecular weight is 386 g/mol. The first kappa shape index (κ1) is 22.2. The Kier molecular flexibility index (Phi) is 7.76. The monoisotopic (exact) mass is 386 g/mol. The maximum atomic E-state index is 12.2. The zero-order valence-corrected chi connectivity index (χ0v) is 15.6. The van der Waals surface area contributed by atoms with Gasteiger partial charge in [-0.3, -0.25) is 0 Å². The van der Waals surface area contributed by atoms with E-state index in [1.54, 1.807) is 6.92 Å². The van der Waals surface area contributed by atoms with Crippen LogP contribution in [0.2, 0.25) is 0 Å². The van der Waals surface area contributed by atoms with Crippen LogP contribution in [0, 0.1) is 0 Å². The highest BCUT2D eigenvalue weighted by atomic mass is 16.6. The maximum absolute atomic E-state index is 12.2. The molecule has 0 fully saturated rings. The first-order chi connectivity index (χ1) is 13.1. The van der Waals surface area contributed by atoms with E-state index in [0.717, 1.165) is 24.5 Å². The fourth-order valence-electron chi connectivity index (χ4n) is 1.67. The number of esters is 5. The smallest absolute Gasteiger partial charge is 0.346 e. The summed E-state index contributed by atoms with van der Waals surface area (Å²) < 4.78 is 14.0. The molecule has 0 heterocycles. The van der Waals surface area contributed by atoms with E-state index in [9.17, 15) is 24.0 Å². The van der Waals surface area contributed by atoms with Crippen LogP contribution in [0.3, 0.4) is 0 Å².